The number of rotatable bonds is 5. The van der Waals surface area contributed by atoms with Gasteiger partial charge in [-0.15, -0.1) is 12.4 Å². The first kappa shape index (κ1) is 14.9. The molecule has 0 amide bonds. The van der Waals surface area contributed by atoms with Crippen LogP contribution >= 0.6 is 12.4 Å². The van der Waals surface area contributed by atoms with Crippen LogP contribution in [-0.2, 0) is 0 Å². The quantitative estimate of drug-likeness (QED) is 0.773. The fraction of sp³-hybridized carbons (Fsp3) is 0.417. The number of hydrogen-bond donors (Lipinski definition) is 2. The van der Waals surface area contributed by atoms with Gasteiger partial charge in [0.25, 0.3) is 0 Å². The fourth-order valence-corrected chi connectivity index (χ4v) is 1.51. The van der Waals surface area contributed by atoms with Crippen LogP contribution in [0.2, 0.25) is 0 Å². The molecule has 1 rings (SSSR count). The fourth-order valence-electron chi connectivity index (χ4n) is 1.51. The molecule has 1 aromatic rings. The van der Waals surface area contributed by atoms with Crippen LogP contribution in [0.15, 0.2) is 24.3 Å². The third-order valence-electron chi connectivity index (χ3n) is 2.41. The van der Waals surface area contributed by atoms with Crippen molar-refractivity contribution in [3.05, 3.63) is 35.4 Å². The van der Waals surface area contributed by atoms with E-state index in [2.05, 4.69) is 6.07 Å². The van der Waals surface area contributed by atoms with Crippen LogP contribution in [0.1, 0.15) is 36.4 Å². The number of nitrogens with two attached hydrogens (primary N) is 2. The maximum Gasteiger partial charge on any atom is 0.0991 e. The van der Waals surface area contributed by atoms with E-state index in [4.69, 9.17) is 16.7 Å². The molecule has 0 saturated carbocycles. The molecule has 0 saturated heterocycles. The molecule has 0 radical (unpaired) electrons. The summed E-state index contributed by atoms with van der Waals surface area (Å²) in [5.41, 5.74) is 13.1. The molecule has 0 aliphatic rings. The molecular weight excluding hydrogens is 222 g/mol. The number of halogens is 1. The molecule has 88 valence electrons. The van der Waals surface area contributed by atoms with E-state index in [9.17, 15) is 0 Å². The summed E-state index contributed by atoms with van der Waals surface area (Å²) in [6.07, 6.45) is 2.96. The van der Waals surface area contributed by atoms with Gasteiger partial charge < -0.3 is 11.5 Å². The van der Waals surface area contributed by atoms with Crippen LogP contribution in [0, 0.1) is 11.3 Å². The normalized spacial score (nSPS) is 11.3. The van der Waals surface area contributed by atoms with Gasteiger partial charge in [0.2, 0.25) is 0 Å². The van der Waals surface area contributed by atoms with E-state index in [0.717, 1.165) is 24.8 Å². The van der Waals surface area contributed by atoms with Crippen LogP contribution in [0.25, 0.3) is 0 Å². The highest BCUT2D eigenvalue weighted by Gasteiger charge is 2.05. The lowest BCUT2D eigenvalue weighted by Gasteiger charge is -2.11. The molecule has 0 aliphatic heterocycles. The largest absolute Gasteiger partial charge is 0.330 e. The predicted molar refractivity (Wildman–Crippen MR) is 68.2 cm³/mol. The first-order valence-corrected chi connectivity index (χ1v) is 5.23. The summed E-state index contributed by atoms with van der Waals surface area (Å²) in [7, 11) is 0. The van der Waals surface area contributed by atoms with Crippen molar-refractivity contribution in [1.82, 2.24) is 0 Å². The molecule has 0 spiro atoms. The number of benzene rings is 1. The van der Waals surface area contributed by atoms with Crippen molar-refractivity contribution in [2.24, 2.45) is 11.5 Å². The van der Waals surface area contributed by atoms with Crippen molar-refractivity contribution in [3.63, 3.8) is 0 Å². The molecule has 16 heavy (non-hydrogen) atoms. The zero-order valence-electron chi connectivity index (χ0n) is 9.23. The van der Waals surface area contributed by atoms with E-state index in [1.807, 2.05) is 18.2 Å². The molecule has 0 fully saturated rings. The second-order valence-electron chi connectivity index (χ2n) is 3.63. The Bertz CT molecular complexity index is 346. The highest BCUT2D eigenvalue weighted by atomic mass is 35.5. The molecule has 0 unspecified atom stereocenters. The Hall–Kier alpha value is -1.08. The minimum absolute atomic E-state index is 0. The van der Waals surface area contributed by atoms with Gasteiger partial charge in [0.1, 0.15) is 0 Å². The average molecular weight is 240 g/mol. The lowest BCUT2D eigenvalue weighted by atomic mass is 10.0. The minimum Gasteiger partial charge on any atom is -0.330 e. The van der Waals surface area contributed by atoms with Gasteiger partial charge in [-0.25, -0.2) is 0 Å². The third kappa shape index (κ3) is 4.63. The van der Waals surface area contributed by atoms with Gasteiger partial charge in [-0.3, -0.25) is 0 Å². The van der Waals surface area contributed by atoms with Crippen molar-refractivity contribution in [2.75, 3.05) is 6.54 Å². The van der Waals surface area contributed by atoms with Crippen molar-refractivity contribution in [1.29, 1.82) is 5.26 Å². The van der Waals surface area contributed by atoms with Gasteiger partial charge in [0, 0.05) is 6.04 Å². The summed E-state index contributed by atoms with van der Waals surface area (Å²) in [6, 6.07) is 9.61. The number of nitriles is 1. The SMILES string of the molecule is Cl.N#Cc1cccc([C@H](N)CCCCN)c1. The molecule has 1 aromatic carbocycles. The average Bonchev–Trinajstić information content (AvgIpc) is 2.29. The van der Waals surface area contributed by atoms with Crippen molar-refractivity contribution in [2.45, 2.75) is 25.3 Å². The second-order valence-corrected chi connectivity index (χ2v) is 3.63. The monoisotopic (exact) mass is 239 g/mol. The van der Waals surface area contributed by atoms with Gasteiger partial charge in [-0.1, -0.05) is 18.6 Å². The summed E-state index contributed by atoms with van der Waals surface area (Å²) in [5.74, 6) is 0. The van der Waals surface area contributed by atoms with Crippen molar-refractivity contribution < 1.29 is 0 Å². The van der Waals surface area contributed by atoms with Gasteiger partial charge in [0.05, 0.1) is 11.6 Å². The molecule has 0 aliphatic carbocycles. The highest BCUT2D eigenvalue weighted by Crippen LogP contribution is 2.17. The standard InChI is InChI=1S/C12H17N3.ClH/c13-7-2-1-6-12(15)11-5-3-4-10(8-11)9-14;/h3-5,8,12H,1-2,6-7,13,15H2;1H/t12-;/m1./s1. The Balaban J connectivity index is 0.00000225. The molecule has 0 aromatic heterocycles. The summed E-state index contributed by atoms with van der Waals surface area (Å²) < 4.78 is 0. The molecule has 1 atom stereocenters. The van der Waals surface area contributed by atoms with Gasteiger partial charge in [-0.2, -0.15) is 5.26 Å². The first-order chi connectivity index (χ1) is 7.27. The van der Waals surface area contributed by atoms with Crippen molar-refractivity contribution >= 4 is 12.4 Å². The van der Waals surface area contributed by atoms with Crippen LogP contribution in [0.3, 0.4) is 0 Å². The molecule has 4 heteroatoms. The van der Waals surface area contributed by atoms with E-state index >= 15 is 0 Å². The third-order valence-corrected chi connectivity index (χ3v) is 2.41. The molecule has 0 bridgehead atoms. The number of unbranched alkanes of at least 4 members (excludes halogenated alkanes) is 1. The minimum atomic E-state index is 0. The van der Waals surface area contributed by atoms with E-state index < -0.39 is 0 Å². The van der Waals surface area contributed by atoms with E-state index in [0.29, 0.717) is 12.1 Å². The predicted octanol–water partition coefficient (Wildman–Crippen LogP) is 2.11. The summed E-state index contributed by atoms with van der Waals surface area (Å²) >= 11 is 0. The van der Waals surface area contributed by atoms with E-state index in [1.54, 1.807) is 6.07 Å². The Morgan fingerprint density at radius 2 is 2.06 bits per heavy atom. The molecular formula is C12H18ClN3. The van der Waals surface area contributed by atoms with Crippen LogP contribution in [0.4, 0.5) is 0 Å². The molecule has 0 heterocycles. The van der Waals surface area contributed by atoms with Gasteiger partial charge in [-0.05, 0) is 37.1 Å². The number of hydrogen-bond acceptors (Lipinski definition) is 3. The lowest BCUT2D eigenvalue weighted by molar-refractivity contribution is 0.591. The molecule has 3 nitrogen and oxygen atoms in total. The van der Waals surface area contributed by atoms with Crippen LogP contribution in [0.5, 0.6) is 0 Å². The topological polar surface area (TPSA) is 75.8 Å². The van der Waals surface area contributed by atoms with Crippen LogP contribution < -0.4 is 11.5 Å². The summed E-state index contributed by atoms with van der Waals surface area (Å²) in [5, 5.41) is 8.75. The van der Waals surface area contributed by atoms with Gasteiger partial charge >= 0.3 is 0 Å². The Morgan fingerprint density at radius 1 is 1.31 bits per heavy atom. The lowest BCUT2D eigenvalue weighted by Crippen LogP contribution is -2.11. The first-order valence-electron chi connectivity index (χ1n) is 5.23. The summed E-state index contributed by atoms with van der Waals surface area (Å²) in [6.45, 7) is 0.713. The highest BCUT2D eigenvalue weighted by molar-refractivity contribution is 5.85. The zero-order valence-corrected chi connectivity index (χ0v) is 10.0. The second kappa shape index (κ2) is 8.12. The van der Waals surface area contributed by atoms with E-state index in [-0.39, 0.29) is 18.4 Å². The number of nitrogens with zero attached hydrogens (tertiary/aromatic N) is 1. The zero-order chi connectivity index (χ0) is 11.1. The Labute approximate surface area is 103 Å². The van der Waals surface area contributed by atoms with Crippen molar-refractivity contribution in [3.8, 4) is 6.07 Å². The van der Waals surface area contributed by atoms with E-state index in [1.165, 1.54) is 0 Å². The van der Waals surface area contributed by atoms with Gasteiger partial charge in [0.15, 0.2) is 0 Å². The smallest absolute Gasteiger partial charge is 0.0991 e. The summed E-state index contributed by atoms with van der Waals surface area (Å²) in [4.78, 5) is 0. The maximum absolute atomic E-state index is 8.75. The Morgan fingerprint density at radius 3 is 2.69 bits per heavy atom. The molecule has 4 N–H and O–H groups in total. The Kier molecular flexibility index (Phi) is 7.57. The maximum atomic E-state index is 8.75. The van der Waals surface area contributed by atoms with Crippen LogP contribution in [-0.4, -0.2) is 6.54 Å².